The van der Waals surface area contributed by atoms with E-state index in [1.165, 1.54) is 6.20 Å². The summed E-state index contributed by atoms with van der Waals surface area (Å²) in [6, 6.07) is 1.26. The van der Waals surface area contributed by atoms with Gasteiger partial charge in [-0.3, -0.25) is 4.79 Å². The number of aromatic nitrogens is 4. The maximum Gasteiger partial charge on any atom is 0.183 e. The van der Waals surface area contributed by atoms with Crippen molar-refractivity contribution in [3.63, 3.8) is 0 Å². The molecule has 3 heterocycles. The normalized spacial score (nSPS) is 12.3. The van der Waals surface area contributed by atoms with Crippen LogP contribution in [-0.2, 0) is 4.79 Å². The quantitative estimate of drug-likeness (QED) is 0.693. The summed E-state index contributed by atoms with van der Waals surface area (Å²) >= 11 is 6.00. The van der Waals surface area contributed by atoms with Gasteiger partial charge in [0.1, 0.15) is 5.65 Å². The largest absolute Gasteiger partial charge is 0.358 e. The van der Waals surface area contributed by atoms with Crippen molar-refractivity contribution in [3.05, 3.63) is 35.5 Å². The molecular formula is C17H17ClFN5O. The van der Waals surface area contributed by atoms with Crippen molar-refractivity contribution >= 4 is 34.2 Å². The summed E-state index contributed by atoms with van der Waals surface area (Å²) in [5.74, 6) is -0.284. The number of anilines is 1. The highest BCUT2D eigenvalue weighted by Gasteiger charge is 2.19. The second-order valence-electron chi connectivity index (χ2n) is 5.57. The second kappa shape index (κ2) is 7.14. The van der Waals surface area contributed by atoms with E-state index < -0.39 is 11.9 Å². The summed E-state index contributed by atoms with van der Waals surface area (Å²) in [6.07, 6.45) is 5.23. The van der Waals surface area contributed by atoms with Gasteiger partial charge >= 0.3 is 0 Å². The highest BCUT2D eigenvalue weighted by Crippen LogP contribution is 2.28. The molecule has 0 saturated heterocycles. The predicted molar refractivity (Wildman–Crippen MR) is 95.1 cm³/mol. The molecule has 0 aliphatic carbocycles. The van der Waals surface area contributed by atoms with E-state index in [4.69, 9.17) is 11.6 Å². The van der Waals surface area contributed by atoms with Crippen molar-refractivity contribution in [2.45, 2.75) is 32.7 Å². The molecule has 2 N–H and O–H groups in total. The van der Waals surface area contributed by atoms with Gasteiger partial charge in [0.25, 0.3) is 0 Å². The molecule has 0 aliphatic rings. The molecule has 0 bridgehead atoms. The molecule has 0 spiro atoms. The lowest BCUT2D eigenvalue weighted by Crippen LogP contribution is -2.29. The van der Waals surface area contributed by atoms with Gasteiger partial charge in [-0.2, -0.15) is 0 Å². The standard InChI is InChI=1S/C17H17ClFN5O/c1-3-13(14(25)4-2)23-17-12(19)8-22-16(24-17)11-7-21-15-10(11)5-9(18)6-20-15/h5-8,13H,3-4H2,1-2H3,(H,20,21)(H,22,23,24)/t13-/m0/s1. The summed E-state index contributed by atoms with van der Waals surface area (Å²) in [5, 5.41) is 4.10. The molecule has 3 aromatic heterocycles. The van der Waals surface area contributed by atoms with Crippen LogP contribution < -0.4 is 5.32 Å². The molecule has 3 aromatic rings. The van der Waals surface area contributed by atoms with Crippen LogP contribution in [0.1, 0.15) is 26.7 Å². The van der Waals surface area contributed by atoms with Crippen LogP contribution in [0.2, 0.25) is 5.02 Å². The minimum Gasteiger partial charge on any atom is -0.358 e. The molecule has 0 amide bonds. The minimum atomic E-state index is -0.609. The number of halogens is 2. The third kappa shape index (κ3) is 3.46. The maximum absolute atomic E-state index is 14.1. The predicted octanol–water partition coefficient (Wildman–Crippen LogP) is 3.98. The first kappa shape index (κ1) is 17.3. The van der Waals surface area contributed by atoms with Crippen molar-refractivity contribution in [2.24, 2.45) is 0 Å². The molecule has 0 saturated carbocycles. The molecule has 130 valence electrons. The van der Waals surface area contributed by atoms with Gasteiger partial charge in [-0.1, -0.05) is 25.4 Å². The van der Waals surface area contributed by atoms with E-state index in [0.29, 0.717) is 34.9 Å². The average Bonchev–Trinajstić information content (AvgIpc) is 3.03. The van der Waals surface area contributed by atoms with E-state index >= 15 is 0 Å². The SMILES string of the molecule is CCC(=O)[C@H](CC)Nc1nc(-c2c[nH]c3ncc(Cl)cc23)ncc1F. The van der Waals surface area contributed by atoms with E-state index in [0.717, 1.165) is 11.6 Å². The fourth-order valence-electron chi connectivity index (χ4n) is 2.58. The lowest BCUT2D eigenvalue weighted by Gasteiger charge is -2.16. The summed E-state index contributed by atoms with van der Waals surface area (Å²) < 4.78 is 14.1. The minimum absolute atomic E-state index is 0.00277. The van der Waals surface area contributed by atoms with E-state index in [1.807, 2.05) is 6.92 Å². The van der Waals surface area contributed by atoms with Gasteiger partial charge in [-0.25, -0.2) is 19.3 Å². The average molecular weight is 362 g/mol. The summed E-state index contributed by atoms with van der Waals surface area (Å²) in [5.41, 5.74) is 1.29. The van der Waals surface area contributed by atoms with Gasteiger partial charge < -0.3 is 10.3 Å². The van der Waals surface area contributed by atoms with E-state index in [9.17, 15) is 9.18 Å². The fraction of sp³-hybridized carbons (Fsp3) is 0.294. The van der Waals surface area contributed by atoms with Crippen LogP contribution in [0.3, 0.4) is 0 Å². The van der Waals surface area contributed by atoms with Crippen LogP contribution in [0.5, 0.6) is 0 Å². The van der Waals surface area contributed by atoms with Crippen molar-refractivity contribution in [1.29, 1.82) is 0 Å². The zero-order valence-corrected chi connectivity index (χ0v) is 14.6. The summed E-state index contributed by atoms with van der Waals surface area (Å²) in [4.78, 5) is 27.4. The Morgan fingerprint density at radius 1 is 1.36 bits per heavy atom. The van der Waals surface area contributed by atoms with Gasteiger partial charge in [0.2, 0.25) is 0 Å². The number of carbonyl (C=O) groups excluding carboxylic acids is 1. The summed E-state index contributed by atoms with van der Waals surface area (Å²) in [6.45, 7) is 3.63. The van der Waals surface area contributed by atoms with E-state index in [2.05, 4.69) is 25.3 Å². The highest BCUT2D eigenvalue weighted by atomic mass is 35.5. The Labute approximate surface area is 148 Å². The number of ketones is 1. The Morgan fingerprint density at radius 3 is 2.88 bits per heavy atom. The number of fused-ring (bicyclic) bond motifs is 1. The second-order valence-corrected chi connectivity index (χ2v) is 6.00. The van der Waals surface area contributed by atoms with Gasteiger partial charge in [-0.15, -0.1) is 0 Å². The molecule has 6 nitrogen and oxygen atoms in total. The molecule has 1 atom stereocenters. The van der Waals surface area contributed by atoms with Gasteiger partial charge in [0, 0.05) is 29.8 Å². The van der Waals surface area contributed by atoms with Crippen LogP contribution in [0.25, 0.3) is 22.4 Å². The number of carbonyl (C=O) groups is 1. The first-order valence-electron chi connectivity index (χ1n) is 7.98. The fourth-order valence-corrected chi connectivity index (χ4v) is 2.74. The molecule has 0 fully saturated rings. The molecule has 0 aliphatic heterocycles. The van der Waals surface area contributed by atoms with E-state index in [1.54, 1.807) is 19.2 Å². The van der Waals surface area contributed by atoms with Crippen LogP contribution in [0, 0.1) is 5.82 Å². The third-order valence-electron chi connectivity index (χ3n) is 3.94. The number of nitrogens with one attached hydrogen (secondary N) is 2. The zero-order valence-electron chi connectivity index (χ0n) is 13.8. The number of aromatic amines is 1. The van der Waals surface area contributed by atoms with Crippen molar-refractivity contribution in [1.82, 2.24) is 19.9 Å². The van der Waals surface area contributed by atoms with Gasteiger partial charge in [-0.05, 0) is 12.5 Å². The Hall–Kier alpha value is -2.54. The number of rotatable bonds is 6. The molecule has 0 radical (unpaired) electrons. The number of hydrogen-bond acceptors (Lipinski definition) is 5. The molecule has 3 rings (SSSR count). The van der Waals surface area contributed by atoms with Crippen molar-refractivity contribution in [3.8, 4) is 11.4 Å². The van der Waals surface area contributed by atoms with E-state index in [-0.39, 0.29) is 11.6 Å². The number of hydrogen-bond donors (Lipinski definition) is 2. The molecule has 25 heavy (non-hydrogen) atoms. The number of Topliss-reactive ketones (excluding diaryl/α,β-unsaturated/α-hetero) is 1. The first-order chi connectivity index (χ1) is 12.0. The van der Waals surface area contributed by atoms with Crippen LogP contribution >= 0.6 is 11.6 Å². The molecule has 8 heteroatoms. The highest BCUT2D eigenvalue weighted by molar-refractivity contribution is 6.31. The lowest BCUT2D eigenvalue weighted by molar-refractivity contribution is -0.119. The molecule has 0 unspecified atom stereocenters. The Kier molecular flexibility index (Phi) is 4.94. The topological polar surface area (TPSA) is 83.6 Å². The van der Waals surface area contributed by atoms with Gasteiger partial charge in [0.15, 0.2) is 23.2 Å². The Bertz CT molecular complexity index is 927. The van der Waals surface area contributed by atoms with Crippen molar-refractivity contribution < 1.29 is 9.18 Å². The first-order valence-corrected chi connectivity index (χ1v) is 8.36. The Morgan fingerprint density at radius 2 is 2.16 bits per heavy atom. The smallest absolute Gasteiger partial charge is 0.183 e. The molecular weight excluding hydrogens is 345 g/mol. The Balaban J connectivity index is 2.01. The van der Waals surface area contributed by atoms with Crippen molar-refractivity contribution in [2.75, 3.05) is 5.32 Å². The third-order valence-corrected chi connectivity index (χ3v) is 4.15. The zero-order chi connectivity index (χ0) is 18.0. The number of H-pyrrole nitrogens is 1. The maximum atomic E-state index is 14.1. The van der Waals surface area contributed by atoms with Crippen LogP contribution in [0.15, 0.2) is 24.7 Å². The summed E-state index contributed by atoms with van der Waals surface area (Å²) in [7, 11) is 0. The monoisotopic (exact) mass is 361 g/mol. The van der Waals surface area contributed by atoms with Crippen LogP contribution in [0.4, 0.5) is 10.2 Å². The van der Waals surface area contributed by atoms with Crippen LogP contribution in [-0.4, -0.2) is 31.8 Å². The molecule has 0 aromatic carbocycles. The lowest BCUT2D eigenvalue weighted by atomic mass is 10.1. The number of pyridine rings is 1. The van der Waals surface area contributed by atoms with Gasteiger partial charge in [0.05, 0.1) is 17.3 Å². The number of nitrogens with zero attached hydrogens (tertiary/aromatic N) is 3.